The van der Waals surface area contributed by atoms with Gasteiger partial charge in [-0.3, -0.25) is 0 Å². The van der Waals surface area contributed by atoms with Crippen molar-refractivity contribution >= 4 is 0 Å². The van der Waals surface area contributed by atoms with Gasteiger partial charge in [0.2, 0.25) is 0 Å². The lowest BCUT2D eigenvalue weighted by atomic mass is 10.1. The van der Waals surface area contributed by atoms with Gasteiger partial charge in [-0.05, 0) is 44.0 Å². The van der Waals surface area contributed by atoms with Gasteiger partial charge in [0.15, 0.2) is 0 Å². The van der Waals surface area contributed by atoms with Crippen molar-refractivity contribution in [3.8, 4) is 0 Å². The number of benzene rings is 1. The second kappa shape index (κ2) is 7.36. The largest absolute Gasteiger partial charge is 0.385 e. The van der Waals surface area contributed by atoms with E-state index >= 15 is 0 Å². The summed E-state index contributed by atoms with van der Waals surface area (Å²) in [5.74, 6) is -0.175. The molecule has 0 heterocycles. The van der Waals surface area contributed by atoms with Crippen LogP contribution >= 0.6 is 0 Å². The van der Waals surface area contributed by atoms with E-state index in [1.165, 1.54) is 6.07 Å². The standard InChI is InChI=1S/C13H20FNO/c1-11(15-8-3-4-9-16-2)12-6-5-7-13(14)10-12/h5-7,10-11,15H,3-4,8-9H2,1-2H3/t11-/m0/s1. The number of rotatable bonds is 7. The van der Waals surface area contributed by atoms with Crippen molar-refractivity contribution in [1.82, 2.24) is 5.32 Å². The molecule has 0 aromatic heterocycles. The van der Waals surface area contributed by atoms with Crippen molar-refractivity contribution in [2.45, 2.75) is 25.8 Å². The topological polar surface area (TPSA) is 21.3 Å². The van der Waals surface area contributed by atoms with Gasteiger partial charge in [-0.1, -0.05) is 12.1 Å². The molecule has 0 amide bonds. The molecule has 1 aromatic carbocycles. The van der Waals surface area contributed by atoms with Gasteiger partial charge in [0, 0.05) is 19.8 Å². The number of nitrogens with one attached hydrogen (secondary N) is 1. The van der Waals surface area contributed by atoms with Crippen LogP contribution in [0.2, 0.25) is 0 Å². The van der Waals surface area contributed by atoms with E-state index in [2.05, 4.69) is 5.32 Å². The van der Waals surface area contributed by atoms with Gasteiger partial charge in [0.1, 0.15) is 5.82 Å². The predicted octanol–water partition coefficient (Wildman–Crippen LogP) is 2.90. The first-order valence-corrected chi connectivity index (χ1v) is 5.72. The zero-order valence-corrected chi connectivity index (χ0v) is 10.0. The quantitative estimate of drug-likeness (QED) is 0.720. The monoisotopic (exact) mass is 225 g/mol. The number of methoxy groups -OCH3 is 1. The first-order chi connectivity index (χ1) is 7.74. The third kappa shape index (κ3) is 4.73. The van der Waals surface area contributed by atoms with Gasteiger partial charge < -0.3 is 10.1 Å². The van der Waals surface area contributed by atoms with E-state index in [-0.39, 0.29) is 11.9 Å². The van der Waals surface area contributed by atoms with Crippen LogP contribution in [-0.2, 0) is 4.74 Å². The molecule has 1 atom stereocenters. The Morgan fingerprint density at radius 1 is 1.38 bits per heavy atom. The van der Waals surface area contributed by atoms with Crippen molar-refractivity contribution in [2.24, 2.45) is 0 Å². The van der Waals surface area contributed by atoms with Crippen molar-refractivity contribution in [3.63, 3.8) is 0 Å². The van der Waals surface area contributed by atoms with E-state index in [1.54, 1.807) is 19.2 Å². The molecule has 0 aliphatic heterocycles. The molecule has 0 aliphatic carbocycles. The molecule has 0 radical (unpaired) electrons. The molecule has 0 unspecified atom stereocenters. The molecule has 0 fully saturated rings. The molecule has 0 spiro atoms. The van der Waals surface area contributed by atoms with Crippen molar-refractivity contribution in [2.75, 3.05) is 20.3 Å². The van der Waals surface area contributed by atoms with Crippen molar-refractivity contribution < 1.29 is 9.13 Å². The number of hydrogen-bond donors (Lipinski definition) is 1. The van der Waals surface area contributed by atoms with E-state index in [1.807, 2.05) is 13.0 Å². The highest BCUT2D eigenvalue weighted by Crippen LogP contribution is 2.13. The molecule has 2 nitrogen and oxygen atoms in total. The average molecular weight is 225 g/mol. The molecular weight excluding hydrogens is 205 g/mol. The highest BCUT2D eigenvalue weighted by Gasteiger charge is 2.04. The van der Waals surface area contributed by atoms with Crippen LogP contribution in [0.25, 0.3) is 0 Å². The molecule has 0 saturated heterocycles. The fraction of sp³-hybridized carbons (Fsp3) is 0.538. The molecule has 1 aromatic rings. The summed E-state index contributed by atoms with van der Waals surface area (Å²) >= 11 is 0. The van der Waals surface area contributed by atoms with Gasteiger partial charge in [0.05, 0.1) is 0 Å². The Labute approximate surface area is 96.8 Å². The summed E-state index contributed by atoms with van der Waals surface area (Å²) < 4.78 is 17.9. The molecule has 0 bridgehead atoms. The van der Waals surface area contributed by atoms with Gasteiger partial charge >= 0.3 is 0 Å². The summed E-state index contributed by atoms with van der Waals surface area (Å²) in [6.07, 6.45) is 2.13. The molecule has 16 heavy (non-hydrogen) atoms. The SMILES string of the molecule is COCCCCN[C@@H](C)c1cccc(F)c1. The second-order valence-electron chi connectivity index (χ2n) is 3.93. The van der Waals surface area contributed by atoms with Gasteiger partial charge in [-0.2, -0.15) is 0 Å². The second-order valence-corrected chi connectivity index (χ2v) is 3.93. The van der Waals surface area contributed by atoms with Crippen LogP contribution in [-0.4, -0.2) is 20.3 Å². The number of unbranched alkanes of at least 4 members (excludes halogenated alkanes) is 1. The molecule has 0 aliphatic rings. The summed E-state index contributed by atoms with van der Waals surface area (Å²) in [5, 5.41) is 3.36. The lowest BCUT2D eigenvalue weighted by Gasteiger charge is -2.14. The first-order valence-electron chi connectivity index (χ1n) is 5.72. The lowest BCUT2D eigenvalue weighted by Crippen LogP contribution is -2.20. The normalized spacial score (nSPS) is 12.7. The first kappa shape index (κ1) is 13.1. The third-order valence-corrected chi connectivity index (χ3v) is 2.57. The smallest absolute Gasteiger partial charge is 0.123 e. The zero-order valence-electron chi connectivity index (χ0n) is 10.0. The minimum atomic E-state index is -0.175. The molecule has 90 valence electrons. The molecule has 3 heteroatoms. The zero-order chi connectivity index (χ0) is 11.8. The van der Waals surface area contributed by atoms with Crippen LogP contribution in [0.1, 0.15) is 31.4 Å². The minimum absolute atomic E-state index is 0.175. The Kier molecular flexibility index (Phi) is 6.04. The Bertz CT molecular complexity index is 304. The van der Waals surface area contributed by atoms with E-state index in [0.29, 0.717) is 0 Å². The summed E-state index contributed by atoms with van der Waals surface area (Å²) in [4.78, 5) is 0. The molecule has 1 rings (SSSR count). The summed E-state index contributed by atoms with van der Waals surface area (Å²) in [5.41, 5.74) is 0.992. The van der Waals surface area contributed by atoms with Crippen molar-refractivity contribution in [3.05, 3.63) is 35.6 Å². The van der Waals surface area contributed by atoms with Crippen LogP contribution < -0.4 is 5.32 Å². The Balaban J connectivity index is 2.27. The Hall–Kier alpha value is -0.930. The fourth-order valence-corrected chi connectivity index (χ4v) is 1.58. The van der Waals surface area contributed by atoms with Crippen LogP contribution in [0, 0.1) is 5.82 Å². The van der Waals surface area contributed by atoms with Gasteiger partial charge in [-0.15, -0.1) is 0 Å². The van der Waals surface area contributed by atoms with E-state index in [4.69, 9.17) is 4.74 Å². The maximum Gasteiger partial charge on any atom is 0.123 e. The molecule has 0 saturated carbocycles. The number of hydrogen-bond acceptors (Lipinski definition) is 2. The molecule has 1 N–H and O–H groups in total. The Morgan fingerprint density at radius 2 is 2.19 bits per heavy atom. The summed E-state index contributed by atoms with van der Waals surface area (Å²) in [6.45, 7) is 3.78. The minimum Gasteiger partial charge on any atom is -0.385 e. The maximum absolute atomic E-state index is 13.0. The van der Waals surface area contributed by atoms with E-state index in [0.717, 1.165) is 31.6 Å². The Morgan fingerprint density at radius 3 is 2.88 bits per heavy atom. The van der Waals surface area contributed by atoms with Gasteiger partial charge in [-0.25, -0.2) is 4.39 Å². The highest BCUT2D eigenvalue weighted by molar-refractivity contribution is 5.19. The van der Waals surface area contributed by atoms with Crippen LogP contribution in [0.3, 0.4) is 0 Å². The summed E-state index contributed by atoms with van der Waals surface area (Å²) in [7, 11) is 1.71. The van der Waals surface area contributed by atoms with Crippen LogP contribution in [0.15, 0.2) is 24.3 Å². The van der Waals surface area contributed by atoms with Crippen LogP contribution in [0.5, 0.6) is 0 Å². The van der Waals surface area contributed by atoms with E-state index in [9.17, 15) is 4.39 Å². The maximum atomic E-state index is 13.0. The van der Waals surface area contributed by atoms with Crippen molar-refractivity contribution in [1.29, 1.82) is 0 Å². The van der Waals surface area contributed by atoms with E-state index < -0.39 is 0 Å². The predicted molar refractivity (Wildman–Crippen MR) is 63.9 cm³/mol. The van der Waals surface area contributed by atoms with Crippen LogP contribution in [0.4, 0.5) is 4.39 Å². The fourth-order valence-electron chi connectivity index (χ4n) is 1.58. The average Bonchev–Trinajstić information content (AvgIpc) is 2.28. The number of ether oxygens (including phenoxy) is 1. The summed E-state index contributed by atoms with van der Waals surface area (Å²) in [6, 6.07) is 6.92. The van der Waals surface area contributed by atoms with Gasteiger partial charge in [0.25, 0.3) is 0 Å². The lowest BCUT2D eigenvalue weighted by molar-refractivity contribution is 0.192. The number of halogens is 1. The molecular formula is C13H20FNO. The highest BCUT2D eigenvalue weighted by atomic mass is 19.1. The third-order valence-electron chi connectivity index (χ3n) is 2.57.